The number of fused-ring (bicyclic) bond motifs is 1. The molecule has 3 aromatic carbocycles. The van der Waals surface area contributed by atoms with E-state index < -0.39 is 17.7 Å². The zero-order valence-electron chi connectivity index (χ0n) is 18.8. The molecule has 0 bridgehead atoms. The van der Waals surface area contributed by atoms with Gasteiger partial charge >= 0.3 is 5.69 Å². The minimum atomic E-state index is -0.851. The van der Waals surface area contributed by atoms with Gasteiger partial charge in [0.25, 0.3) is 0 Å². The van der Waals surface area contributed by atoms with Crippen LogP contribution in [0.4, 0.5) is 0 Å². The van der Waals surface area contributed by atoms with Gasteiger partial charge in [0.05, 0.1) is 17.4 Å². The molecule has 2 aromatic heterocycles. The molecule has 0 aliphatic heterocycles. The van der Waals surface area contributed by atoms with E-state index in [1.165, 1.54) is 10.6 Å². The Bertz CT molecular complexity index is 1610. The smallest absolute Gasteiger partial charge is 0.348 e. The molecule has 0 saturated heterocycles. The third-order valence-corrected chi connectivity index (χ3v) is 6.11. The minimum Gasteiger partial charge on any atom is -0.507 e. The van der Waals surface area contributed by atoms with Gasteiger partial charge in [0.15, 0.2) is 5.82 Å². The molecular weight excluding hydrogens is 446 g/mol. The molecule has 176 valence electrons. The van der Waals surface area contributed by atoms with Gasteiger partial charge in [-0.25, -0.2) is 14.5 Å². The second-order valence-corrected chi connectivity index (χ2v) is 8.42. The van der Waals surface area contributed by atoms with Gasteiger partial charge in [0.2, 0.25) is 5.91 Å². The van der Waals surface area contributed by atoms with Crippen LogP contribution >= 0.6 is 0 Å². The van der Waals surface area contributed by atoms with E-state index in [0.717, 1.165) is 16.5 Å². The third kappa shape index (κ3) is 4.09. The van der Waals surface area contributed by atoms with Crippen molar-refractivity contribution in [1.82, 2.24) is 19.3 Å². The lowest BCUT2D eigenvalue weighted by Gasteiger charge is -2.14. The molecule has 0 radical (unpaired) electrons. The van der Waals surface area contributed by atoms with Gasteiger partial charge in [0, 0.05) is 36.1 Å². The Balaban J connectivity index is 1.49. The number of H-pyrrole nitrogens is 1. The standard InChI is InChI=1S/C26H23N5O4/c1-30-11-10-18-14-19(7-8-21(18)30)31-25(28-29-26(31)35)20-12-15(2-9-22(20)32)13-23(33)16-3-5-17(6-4-16)24(27)34/h2-12,14,23,32-33H,13H2,1H3,(H2,27,34)(H,29,35). The maximum atomic E-state index is 12.7. The number of nitrogens with one attached hydrogen (secondary N) is 1. The highest BCUT2D eigenvalue weighted by Crippen LogP contribution is 2.31. The lowest BCUT2D eigenvalue weighted by molar-refractivity contribution is 0.1000. The van der Waals surface area contributed by atoms with Crippen LogP contribution in [0.15, 0.2) is 77.7 Å². The molecule has 0 aliphatic rings. The summed E-state index contributed by atoms with van der Waals surface area (Å²) in [6, 6.07) is 18.9. The number of aryl methyl sites for hydroxylation is 1. The van der Waals surface area contributed by atoms with E-state index in [-0.39, 0.29) is 18.0 Å². The number of benzene rings is 3. The summed E-state index contributed by atoms with van der Waals surface area (Å²) in [5, 5.41) is 28.9. The Hall–Kier alpha value is -4.63. The molecule has 5 aromatic rings. The number of aliphatic hydroxyl groups excluding tert-OH is 1. The fourth-order valence-corrected chi connectivity index (χ4v) is 4.23. The maximum absolute atomic E-state index is 12.7. The van der Waals surface area contributed by atoms with E-state index in [0.29, 0.717) is 22.4 Å². The highest BCUT2D eigenvalue weighted by Gasteiger charge is 2.18. The van der Waals surface area contributed by atoms with Crippen molar-refractivity contribution >= 4 is 16.8 Å². The third-order valence-electron chi connectivity index (χ3n) is 6.11. The SMILES string of the molecule is Cn1ccc2cc(-n3c(-c4cc(CC(O)c5ccc(C(N)=O)cc5)ccc4O)n[nH]c3=O)ccc21. The summed E-state index contributed by atoms with van der Waals surface area (Å²) in [5.41, 5.74) is 8.53. The zero-order valence-corrected chi connectivity index (χ0v) is 18.8. The first-order valence-corrected chi connectivity index (χ1v) is 10.9. The number of aromatic hydroxyl groups is 1. The Morgan fingerprint density at radius 1 is 1.09 bits per heavy atom. The Labute approximate surface area is 199 Å². The van der Waals surface area contributed by atoms with Gasteiger partial charge in [-0.1, -0.05) is 18.2 Å². The van der Waals surface area contributed by atoms with Gasteiger partial charge in [-0.2, -0.15) is 5.10 Å². The van der Waals surface area contributed by atoms with Crippen LogP contribution in [0.5, 0.6) is 5.75 Å². The molecule has 1 unspecified atom stereocenters. The van der Waals surface area contributed by atoms with E-state index in [4.69, 9.17) is 5.73 Å². The fraction of sp³-hybridized carbons (Fsp3) is 0.115. The van der Waals surface area contributed by atoms with Crippen LogP contribution in [0.1, 0.15) is 27.6 Å². The van der Waals surface area contributed by atoms with Gasteiger partial charge in [0.1, 0.15) is 5.75 Å². The van der Waals surface area contributed by atoms with Crippen molar-refractivity contribution in [3.63, 3.8) is 0 Å². The van der Waals surface area contributed by atoms with Crippen molar-refractivity contribution in [2.45, 2.75) is 12.5 Å². The second-order valence-electron chi connectivity index (χ2n) is 8.42. The molecule has 5 rings (SSSR count). The fourth-order valence-electron chi connectivity index (χ4n) is 4.23. The molecule has 1 atom stereocenters. The van der Waals surface area contributed by atoms with Crippen molar-refractivity contribution in [3.05, 3.63) is 100 Å². The van der Waals surface area contributed by atoms with E-state index in [9.17, 15) is 19.8 Å². The molecule has 2 heterocycles. The van der Waals surface area contributed by atoms with Crippen molar-refractivity contribution in [3.8, 4) is 22.8 Å². The van der Waals surface area contributed by atoms with Crippen LogP contribution in [0.3, 0.4) is 0 Å². The van der Waals surface area contributed by atoms with Gasteiger partial charge in [-0.3, -0.25) is 4.79 Å². The number of carbonyl (C=O) groups excluding carboxylic acids is 1. The molecule has 9 heteroatoms. The molecule has 35 heavy (non-hydrogen) atoms. The average Bonchev–Trinajstić information content (AvgIpc) is 3.42. The maximum Gasteiger partial charge on any atom is 0.348 e. The van der Waals surface area contributed by atoms with Crippen LogP contribution in [-0.4, -0.2) is 35.5 Å². The number of nitrogens with zero attached hydrogens (tertiary/aromatic N) is 3. The summed E-state index contributed by atoms with van der Waals surface area (Å²) in [6.07, 6.45) is 1.33. The number of phenols is 1. The Kier molecular flexibility index (Phi) is 5.46. The first-order chi connectivity index (χ1) is 16.8. The van der Waals surface area contributed by atoms with Gasteiger partial charge in [-0.05, 0) is 59.7 Å². The summed E-state index contributed by atoms with van der Waals surface area (Å²) in [6.45, 7) is 0. The minimum absolute atomic E-state index is 0.0462. The van der Waals surface area contributed by atoms with E-state index >= 15 is 0 Å². The summed E-state index contributed by atoms with van der Waals surface area (Å²) in [4.78, 5) is 24.0. The quantitative estimate of drug-likeness (QED) is 0.303. The Morgan fingerprint density at radius 2 is 1.86 bits per heavy atom. The Morgan fingerprint density at radius 3 is 2.60 bits per heavy atom. The summed E-state index contributed by atoms with van der Waals surface area (Å²) >= 11 is 0. The molecule has 0 fully saturated rings. The second kappa shape index (κ2) is 8.62. The zero-order chi connectivity index (χ0) is 24.7. The van der Waals surface area contributed by atoms with Crippen LogP contribution in [-0.2, 0) is 13.5 Å². The lowest BCUT2D eigenvalue weighted by Crippen LogP contribution is -2.15. The predicted molar refractivity (Wildman–Crippen MR) is 131 cm³/mol. The number of hydrogen-bond donors (Lipinski definition) is 4. The highest BCUT2D eigenvalue weighted by atomic mass is 16.3. The topological polar surface area (TPSA) is 139 Å². The first-order valence-electron chi connectivity index (χ1n) is 10.9. The van der Waals surface area contributed by atoms with Crippen LogP contribution < -0.4 is 11.4 Å². The molecule has 5 N–H and O–H groups in total. The number of hydrogen-bond acceptors (Lipinski definition) is 5. The number of aromatic amines is 1. The number of phenolic OH excluding ortho intramolecular Hbond substituents is 1. The number of aliphatic hydroxyl groups is 1. The largest absolute Gasteiger partial charge is 0.507 e. The van der Waals surface area contributed by atoms with Gasteiger partial charge < -0.3 is 20.5 Å². The van der Waals surface area contributed by atoms with Crippen LogP contribution in [0.2, 0.25) is 0 Å². The molecule has 1 amide bonds. The monoisotopic (exact) mass is 469 g/mol. The number of primary amides is 1. The van der Waals surface area contributed by atoms with E-state index in [1.807, 2.05) is 42.1 Å². The first kappa shape index (κ1) is 22.2. The average molecular weight is 470 g/mol. The molecule has 0 aliphatic carbocycles. The van der Waals surface area contributed by atoms with Crippen LogP contribution in [0.25, 0.3) is 28.0 Å². The van der Waals surface area contributed by atoms with Crippen molar-refractivity contribution < 1.29 is 15.0 Å². The van der Waals surface area contributed by atoms with Crippen molar-refractivity contribution in [2.75, 3.05) is 0 Å². The number of rotatable bonds is 6. The number of carbonyl (C=O) groups is 1. The predicted octanol–water partition coefficient (Wildman–Crippen LogP) is 2.80. The molecular formula is C26H23N5O4. The van der Waals surface area contributed by atoms with Crippen LogP contribution in [0, 0.1) is 0 Å². The number of amides is 1. The van der Waals surface area contributed by atoms with E-state index in [1.54, 1.807) is 36.4 Å². The summed E-state index contributed by atoms with van der Waals surface area (Å²) in [7, 11) is 1.95. The molecule has 0 saturated carbocycles. The van der Waals surface area contributed by atoms with Gasteiger partial charge in [-0.15, -0.1) is 0 Å². The lowest BCUT2D eigenvalue weighted by atomic mass is 9.98. The van der Waals surface area contributed by atoms with E-state index in [2.05, 4.69) is 10.2 Å². The molecule has 9 nitrogen and oxygen atoms in total. The summed E-state index contributed by atoms with van der Waals surface area (Å²) in [5.74, 6) is -0.328. The van der Waals surface area contributed by atoms with Crippen molar-refractivity contribution in [2.24, 2.45) is 12.8 Å². The normalized spacial score (nSPS) is 12.2. The highest BCUT2D eigenvalue weighted by molar-refractivity contribution is 5.92. The summed E-state index contributed by atoms with van der Waals surface area (Å²) < 4.78 is 3.39. The molecule has 0 spiro atoms. The van der Waals surface area contributed by atoms with Crippen molar-refractivity contribution in [1.29, 1.82) is 0 Å². The number of aromatic nitrogens is 4. The number of nitrogens with two attached hydrogens (primary N) is 1.